The summed E-state index contributed by atoms with van der Waals surface area (Å²) in [5, 5.41) is 1.83. The van der Waals surface area contributed by atoms with Crippen LogP contribution < -0.4 is 5.32 Å². The van der Waals surface area contributed by atoms with Gasteiger partial charge in [-0.25, -0.2) is 0 Å². The molecule has 28 heavy (non-hydrogen) atoms. The number of amides is 1. The molecule has 0 bridgehead atoms. The zero-order chi connectivity index (χ0) is 20.5. The molecular formula is C22H30NO4P. The van der Waals surface area contributed by atoms with Gasteiger partial charge in [-0.3, -0.25) is 9.36 Å². The van der Waals surface area contributed by atoms with Gasteiger partial charge >= 0.3 is 7.60 Å². The van der Waals surface area contributed by atoms with Crippen LogP contribution in [0.25, 0.3) is 0 Å². The third kappa shape index (κ3) is 5.78. The van der Waals surface area contributed by atoms with Crippen LogP contribution in [-0.2, 0) is 20.0 Å². The van der Waals surface area contributed by atoms with Crippen LogP contribution in [-0.4, -0.2) is 24.4 Å². The molecule has 1 amide bonds. The van der Waals surface area contributed by atoms with Gasteiger partial charge in [-0.2, -0.15) is 0 Å². The van der Waals surface area contributed by atoms with Gasteiger partial charge in [0.25, 0.3) is 5.91 Å². The van der Waals surface area contributed by atoms with Gasteiger partial charge in [-0.1, -0.05) is 48.5 Å². The van der Waals surface area contributed by atoms with E-state index in [1.165, 1.54) is 5.56 Å². The van der Waals surface area contributed by atoms with E-state index in [9.17, 15) is 9.36 Å². The number of benzene rings is 2. The minimum absolute atomic E-state index is 0.243. The van der Waals surface area contributed by atoms with Gasteiger partial charge in [-0.05, 0) is 57.7 Å². The molecule has 0 fully saturated rings. The molecule has 5 nitrogen and oxygen atoms in total. The second-order valence-corrected chi connectivity index (χ2v) is 9.26. The van der Waals surface area contributed by atoms with Crippen molar-refractivity contribution in [1.82, 2.24) is 5.32 Å². The molecule has 0 aliphatic carbocycles. The molecule has 0 spiro atoms. The smallest absolute Gasteiger partial charge is 0.336 e. The van der Waals surface area contributed by atoms with Crippen LogP contribution >= 0.6 is 7.60 Å². The maximum Gasteiger partial charge on any atom is 0.355 e. The molecule has 0 saturated heterocycles. The number of carbonyl (C=O) groups is 1. The molecule has 0 aliphatic heterocycles. The van der Waals surface area contributed by atoms with Crippen molar-refractivity contribution in [3.8, 4) is 0 Å². The zero-order valence-corrected chi connectivity index (χ0v) is 17.8. The van der Waals surface area contributed by atoms with Crippen LogP contribution in [0.3, 0.4) is 0 Å². The molecule has 0 aliphatic rings. The SMILES string of the molecule is CCOP(=O)(OCC)[C@@](C)(CCCc1ccccc1)NC(=O)c1ccccc1. The number of nitrogens with one attached hydrogen (secondary N) is 1. The average molecular weight is 403 g/mol. The van der Waals surface area contributed by atoms with Crippen LogP contribution in [0.5, 0.6) is 0 Å². The Balaban J connectivity index is 2.22. The van der Waals surface area contributed by atoms with Gasteiger partial charge in [0.2, 0.25) is 0 Å². The van der Waals surface area contributed by atoms with Crippen LogP contribution in [0.1, 0.15) is 49.5 Å². The minimum atomic E-state index is -3.57. The van der Waals surface area contributed by atoms with Crippen molar-refractivity contribution < 1.29 is 18.4 Å². The molecule has 6 heteroatoms. The second kappa shape index (κ2) is 10.6. The van der Waals surface area contributed by atoms with Crippen molar-refractivity contribution in [2.75, 3.05) is 13.2 Å². The normalized spacial score (nSPS) is 13.7. The molecule has 0 radical (unpaired) electrons. The summed E-state index contributed by atoms with van der Waals surface area (Å²) >= 11 is 0. The van der Waals surface area contributed by atoms with Crippen LogP contribution in [0.4, 0.5) is 0 Å². The summed E-state index contributed by atoms with van der Waals surface area (Å²) < 4.78 is 24.8. The fraction of sp³-hybridized carbons (Fsp3) is 0.409. The Morgan fingerprint density at radius 1 is 0.964 bits per heavy atom. The summed E-state index contributed by atoms with van der Waals surface area (Å²) in [6, 6.07) is 19.0. The lowest BCUT2D eigenvalue weighted by Gasteiger charge is -2.36. The lowest BCUT2D eigenvalue weighted by molar-refractivity contribution is 0.0904. The quantitative estimate of drug-likeness (QED) is 0.509. The Labute approximate surface area is 168 Å². The predicted octanol–water partition coefficient (Wildman–Crippen LogP) is 5.42. The van der Waals surface area contributed by atoms with Gasteiger partial charge in [0.15, 0.2) is 0 Å². The lowest BCUT2D eigenvalue weighted by atomic mass is 10.0. The summed E-state index contributed by atoms with van der Waals surface area (Å²) in [7, 11) is -3.57. The molecule has 0 saturated carbocycles. The van der Waals surface area contributed by atoms with E-state index in [0.717, 1.165) is 12.8 Å². The topological polar surface area (TPSA) is 64.6 Å². The second-order valence-electron chi connectivity index (χ2n) is 6.77. The maximum absolute atomic E-state index is 13.6. The van der Waals surface area contributed by atoms with E-state index in [4.69, 9.17) is 9.05 Å². The van der Waals surface area contributed by atoms with Crippen LogP contribution in [0.15, 0.2) is 60.7 Å². The monoisotopic (exact) mass is 403 g/mol. The lowest BCUT2D eigenvalue weighted by Crippen LogP contribution is -2.46. The third-order valence-electron chi connectivity index (χ3n) is 4.59. The molecule has 2 aromatic carbocycles. The summed E-state index contributed by atoms with van der Waals surface area (Å²) in [6.45, 7) is 5.79. The summed E-state index contributed by atoms with van der Waals surface area (Å²) in [6.07, 6.45) is 2.02. The first-order valence-corrected chi connectivity index (χ1v) is 11.3. The van der Waals surface area contributed by atoms with E-state index in [2.05, 4.69) is 17.4 Å². The first-order chi connectivity index (χ1) is 13.4. The van der Waals surface area contributed by atoms with Crippen molar-refractivity contribution in [2.45, 2.75) is 45.3 Å². The molecule has 2 aromatic rings. The summed E-state index contributed by atoms with van der Waals surface area (Å²) in [5.74, 6) is -0.289. The van der Waals surface area contributed by atoms with Crippen molar-refractivity contribution in [3.63, 3.8) is 0 Å². The Bertz CT molecular complexity index is 772. The molecule has 1 N–H and O–H groups in total. The highest BCUT2D eigenvalue weighted by Crippen LogP contribution is 2.60. The zero-order valence-electron chi connectivity index (χ0n) is 16.9. The Morgan fingerprint density at radius 3 is 2.04 bits per heavy atom. The van der Waals surface area contributed by atoms with Crippen molar-refractivity contribution in [2.24, 2.45) is 0 Å². The van der Waals surface area contributed by atoms with Gasteiger partial charge < -0.3 is 14.4 Å². The molecule has 0 unspecified atom stereocenters. The molecule has 2 rings (SSSR count). The third-order valence-corrected chi connectivity index (χ3v) is 7.33. The molecule has 152 valence electrons. The first kappa shape index (κ1) is 22.4. The number of carbonyl (C=O) groups excluding carboxylic acids is 1. The minimum Gasteiger partial charge on any atom is -0.336 e. The highest BCUT2D eigenvalue weighted by Gasteiger charge is 2.48. The first-order valence-electron chi connectivity index (χ1n) is 9.75. The fourth-order valence-electron chi connectivity index (χ4n) is 3.12. The Morgan fingerprint density at radius 2 is 1.50 bits per heavy atom. The van der Waals surface area contributed by atoms with Crippen molar-refractivity contribution >= 4 is 13.5 Å². The average Bonchev–Trinajstić information content (AvgIpc) is 2.70. The highest BCUT2D eigenvalue weighted by atomic mass is 31.2. The van der Waals surface area contributed by atoms with E-state index in [1.54, 1.807) is 45.0 Å². The van der Waals surface area contributed by atoms with Crippen molar-refractivity contribution in [1.29, 1.82) is 0 Å². The van der Waals surface area contributed by atoms with E-state index >= 15 is 0 Å². The van der Waals surface area contributed by atoms with Gasteiger partial charge in [0.05, 0.1) is 13.2 Å². The van der Waals surface area contributed by atoms with Crippen LogP contribution in [0.2, 0.25) is 0 Å². The molecule has 0 heterocycles. The molecular weight excluding hydrogens is 373 g/mol. The van der Waals surface area contributed by atoms with E-state index < -0.39 is 12.9 Å². The van der Waals surface area contributed by atoms with Crippen LogP contribution in [0, 0.1) is 0 Å². The standard InChI is InChI=1S/C22H30NO4P/c1-4-26-28(25,27-5-2)22(3,18-12-15-19-13-8-6-9-14-19)23-21(24)20-16-10-7-11-17-20/h6-11,13-14,16-17H,4-5,12,15,18H2,1-3H3,(H,23,24)/t22-/m0/s1. The number of aryl methyl sites for hydroxylation is 1. The predicted molar refractivity (Wildman–Crippen MR) is 113 cm³/mol. The van der Waals surface area contributed by atoms with Gasteiger partial charge in [0.1, 0.15) is 5.28 Å². The number of hydrogen-bond acceptors (Lipinski definition) is 4. The van der Waals surface area contributed by atoms with Gasteiger partial charge in [0, 0.05) is 5.56 Å². The summed E-state index contributed by atoms with van der Waals surface area (Å²) in [4.78, 5) is 12.8. The van der Waals surface area contributed by atoms with E-state index in [1.807, 2.05) is 24.3 Å². The van der Waals surface area contributed by atoms with E-state index in [0.29, 0.717) is 12.0 Å². The maximum atomic E-state index is 13.6. The molecule has 1 atom stereocenters. The Hall–Kier alpha value is -1.94. The largest absolute Gasteiger partial charge is 0.355 e. The Kier molecular flexibility index (Phi) is 8.43. The molecule has 0 aromatic heterocycles. The van der Waals surface area contributed by atoms with Crippen molar-refractivity contribution in [3.05, 3.63) is 71.8 Å². The summed E-state index contributed by atoms with van der Waals surface area (Å²) in [5.41, 5.74) is 1.71. The number of rotatable bonds is 11. The van der Waals surface area contributed by atoms with E-state index in [-0.39, 0.29) is 19.1 Å². The number of hydrogen-bond donors (Lipinski definition) is 1. The van der Waals surface area contributed by atoms with Gasteiger partial charge in [-0.15, -0.1) is 0 Å². The fourth-order valence-corrected chi connectivity index (χ4v) is 5.11. The highest BCUT2D eigenvalue weighted by molar-refractivity contribution is 7.55.